The van der Waals surface area contributed by atoms with Gasteiger partial charge in [-0.2, -0.15) is 9.61 Å². The highest BCUT2D eigenvalue weighted by atomic mass is 16.1. The third-order valence-corrected chi connectivity index (χ3v) is 4.12. The molecule has 4 aromatic rings. The van der Waals surface area contributed by atoms with E-state index in [1.54, 1.807) is 16.9 Å². The van der Waals surface area contributed by atoms with Crippen LogP contribution >= 0.6 is 0 Å². The van der Waals surface area contributed by atoms with Crippen molar-refractivity contribution in [1.29, 1.82) is 0 Å². The average Bonchev–Trinajstić information content (AvgIpc) is 3.12. The molecule has 0 saturated heterocycles. The number of carbonyl (C=O) groups is 1. The number of pyridine rings is 1. The van der Waals surface area contributed by atoms with Crippen molar-refractivity contribution < 1.29 is 4.79 Å². The number of amides is 1. The van der Waals surface area contributed by atoms with Crippen LogP contribution < -0.4 is 5.32 Å². The van der Waals surface area contributed by atoms with E-state index in [2.05, 4.69) is 25.6 Å². The smallest absolute Gasteiger partial charge is 0.224 e. The van der Waals surface area contributed by atoms with Gasteiger partial charge in [0.25, 0.3) is 0 Å². The minimum Gasteiger partial charge on any atom is -0.326 e. The number of anilines is 1. The molecule has 0 bridgehead atoms. The first-order valence-corrected chi connectivity index (χ1v) is 8.78. The van der Waals surface area contributed by atoms with Crippen molar-refractivity contribution in [1.82, 2.24) is 24.8 Å². The maximum atomic E-state index is 11.7. The molecule has 134 valence electrons. The Hall–Kier alpha value is -3.61. The summed E-state index contributed by atoms with van der Waals surface area (Å²) >= 11 is 0. The zero-order valence-corrected chi connectivity index (χ0v) is 14.8. The largest absolute Gasteiger partial charge is 0.326 e. The molecule has 0 radical (unpaired) electrons. The topological polar surface area (TPSA) is 85.1 Å². The monoisotopic (exact) mass is 358 g/mol. The second-order valence-corrected chi connectivity index (χ2v) is 6.13. The van der Waals surface area contributed by atoms with Gasteiger partial charge in [0.05, 0.1) is 5.69 Å². The molecule has 7 heteroatoms. The zero-order valence-electron chi connectivity index (χ0n) is 14.8. The third-order valence-electron chi connectivity index (χ3n) is 4.12. The lowest BCUT2D eigenvalue weighted by Gasteiger charge is -2.06. The molecule has 0 unspecified atom stereocenters. The van der Waals surface area contributed by atoms with Gasteiger partial charge in [-0.25, -0.2) is 0 Å². The average molecular weight is 358 g/mol. The van der Waals surface area contributed by atoms with Crippen LogP contribution in [0.25, 0.3) is 28.3 Å². The molecule has 3 heterocycles. The van der Waals surface area contributed by atoms with Crippen LogP contribution in [0.3, 0.4) is 0 Å². The molecule has 3 aromatic heterocycles. The van der Waals surface area contributed by atoms with Gasteiger partial charge in [0, 0.05) is 35.6 Å². The van der Waals surface area contributed by atoms with Gasteiger partial charge in [-0.15, -0.1) is 10.2 Å². The highest BCUT2D eigenvalue weighted by Gasteiger charge is 2.11. The first-order valence-electron chi connectivity index (χ1n) is 8.78. The van der Waals surface area contributed by atoms with Crippen LogP contribution in [0, 0.1) is 0 Å². The Bertz CT molecular complexity index is 1070. The molecule has 0 saturated carbocycles. The normalized spacial score (nSPS) is 10.9. The van der Waals surface area contributed by atoms with Crippen molar-refractivity contribution in [3.05, 3.63) is 60.9 Å². The SMILES string of the molecule is CCCC(=O)Nc1ccc(-c2ccc3nnc(-c4cccnc4)n3n2)cc1. The fourth-order valence-electron chi connectivity index (χ4n) is 2.79. The molecule has 1 aromatic carbocycles. The molecular weight excluding hydrogens is 340 g/mol. The van der Waals surface area contributed by atoms with Crippen LogP contribution in [0.2, 0.25) is 0 Å². The van der Waals surface area contributed by atoms with Crippen LogP contribution in [-0.2, 0) is 4.79 Å². The van der Waals surface area contributed by atoms with Gasteiger partial charge < -0.3 is 5.32 Å². The highest BCUT2D eigenvalue weighted by Crippen LogP contribution is 2.22. The Morgan fingerprint density at radius 3 is 2.63 bits per heavy atom. The van der Waals surface area contributed by atoms with E-state index in [1.165, 1.54) is 0 Å². The number of nitrogens with one attached hydrogen (secondary N) is 1. The Labute approximate surface area is 156 Å². The number of nitrogens with zero attached hydrogens (tertiary/aromatic N) is 5. The van der Waals surface area contributed by atoms with Crippen molar-refractivity contribution in [2.75, 3.05) is 5.32 Å². The lowest BCUT2D eigenvalue weighted by atomic mass is 10.1. The number of rotatable bonds is 5. The lowest BCUT2D eigenvalue weighted by molar-refractivity contribution is -0.116. The van der Waals surface area contributed by atoms with E-state index in [1.807, 2.05) is 55.5 Å². The summed E-state index contributed by atoms with van der Waals surface area (Å²) in [5, 5.41) is 16.0. The molecular formula is C20H18N6O. The van der Waals surface area contributed by atoms with Crippen molar-refractivity contribution >= 4 is 17.2 Å². The molecule has 0 atom stereocenters. The van der Waals surface area contributed by atoms with Crippen LogP contribution in [0.15, 0.2) is 60.9 Å². The third kappa shape index (κ3) is 3.52. The number of carbonyl (C=O) groups excluding carboxylic acids is 1. The van der Waals surface area contributed by atoms with Gasteiger partial charge in [0.15, 0.2) is 11.5 Å². The molecule has 1 N–H and O–H groups in total. The van der Waals surface area contributed by atoms with Gasteiger partial charge in [0.2, 0.25) is 5.91 Å². The molecule has 7 nitrogen and oxygen atoms in total. The standard InChI is InChI=1S/C20H18N6O/c1-2-4-19(27)22-16-8-6-14(7-9-16)17-10-11-18-23-24-20(26(18)25-17)15-5-3-12-21-13-15/h3,5-13H,2,4H2,1H3,(H,22,27). The Morgan fingerprint density at radius 2 is 1.89 bits per heavy atom. The summed E-state index contributed by atoms with van der Waals surface area (Å²) in [4.78, 5) is 15.8. The van der Waals surface area contributed by atoms with E-state index in [0.717, 1.165) is 28.9 Å². The van der Waals surface area contributed by atoms with Gasteiger partial charge in [-0.05, 0) is 42.8 Å². The summed E-state index contributed by atoms with van der Waals surface area (Å²) in [6, 6.07) is 15.2. The van der Waals surface area contributed by atoms with E-state index < -0.39 is 0 Å². The molecule has 0 aliphatic heterocycles. The van der Waals surface area contributed by atoms with E-state index in [9.17, 15) is 4.79 Å². The number of hydrogen-bond acceptors (Lipinski definition) is 5. The number of benzene rings is 1. The van der Waals surface area contributed by atoms with Crippen LogP contribution in [0.5, 0.6) is 0 Å². The van der Waals surface area contributed by atoms with Gasteiger partial charge in [-0.3, -0.25) is 9.78 Å². The van der Waals surface area contributed by atoms with E-state index in [4.69, 9.17) is 0 Å². The Morgan fingerprint density at radius 1 is 1.04 bits per heavy atom. The minimum absolute atomic E-state index is 0.0235. The van der Waals surface area contributed by atoms with E-state index >= 15 is 0 Å². The first kappa shape index (κ1) is 16.8. The summed E-state index contributed by atoms with van der Waals surface area (Å²) in [5.74, 6) is 0.666. The molecule has 4 rings (SSSR count). The van der Waals surface area contributed by atoms with Gasteiger partial charge in [0.1, 0.15) is 0 Å². The van der Waals surface area contributed by atoms with E-state index in [-0.39, 0.29) is 5.91 Å². The summed E-state index contributed by atoms with van der Waals surface area (Å²) < 4.78 is 1.71. The van der Waals surface area contributed by atoms with Gasteiger partial charge in [-0.1, -0.05) is 19.1 Å². The second kappa shape index (κ2) is 7.33. The summed E-state index contributed by atoms with van der Waals surface area (Å²) in [7, 11) is 0. The lowest BCUT2D eigenvalue weighted by Crippen LogP contribution is -2.10. The molecule has 0 aliphatic rings. The molecule has 0 fully saturated rings. The second-order valence-electron chi connectivity index (χ2n) is 6.13. The number of aromatic nitrogens is 5. The van der Waals surface area contributed by atoms with Crippen molar-refractivity contribution in [3.8, 4) is 22.6 Å². The Kier molecular flexibility index (Phi) is 4.57. The summed E-state index contributed by atoms with van der Waals surface area (Å²) in [6.07, 6.45) is 4.79. The van der Waals surface area contributed by atoms with Crippen molar-refractivity contribution in [3.63, 3.8) is 0 Å². The predicted octanol–water partition coefficient (Wildman–Crippen LogP) is 3.59. The molecule has 1 amide bonds. The molecule has 27 heavy (non-hydrogen) atoms. The maximum absolute atomic E-state index is 11.7. The number of fused-ring (bicyclic) bond motifs is 1. The Balaban J connectivity index is 1.65. The maximum Gasteiger partial charge on any atom is 0.224 e. The predicted molar refractivity (Wildman–Crippen MR) is 103 cm³/mol. The van der Waals surface area contributed by atoms with Crippen LogP contribution in [0.1, 0.15) is 19.8 Å². The zero-order chi connectivity index (χ0) is 18.6. The van der Waals surface area contributed by atoms with Crippen LogP contribution in [0.4, 0.5) is 5.69 Å². The molecule has 0 aliphatic carbocycles. The summed E-state index contributed by atoms with van der Waals surface area (Å²) in [5.41, 5.74) is 4.03. The first-order chi connectivity index (χ1) is 13.2. The molecule has 0 spiro atoms. The van der Waals surface area contributed by atoms with E-state index in [0.29, 0.717) is 17.9 Å². The van der Waals surface area contributed by atoms with Crippen LogP contribution in [-0.4, -0.2) is 30.7 Å². The van der Waals surface area contributed by atoms with Gasteiger partial charge >= 0.3 is 0 Å². The number of hydrogen-bond donors (Lipinski definition) is 1. The van der Waals surface area contributed by atoms with Crippen molar-refractivity contribution in [2.24, 2.45) is 0 Å². The minimum atomic E-state index is 0.0235. The summed E-state index contributed by atoms with van der Waals surface area (Å²) in [6.45, 7) is 1.98. The highest BCUT2D eigenvalue weighted by molar-refractivity contribution is 5.90. The van der Waals surface area contributed by atoms with Crippen molar-refractivity contribution in [2.45, 2.75) is 19.8 Å². The fourth-order valence-corrected chi connectivity index (χ4v) is 2.79. The fraction of sp³-hybridized carbons (Fsp3) is 0.150. The quantitative estimate of drug-likeness (QED) is 0.589.